The SMILES string of the molecule is CCN(c1ccccc1)c1cncc(C(=O)Nc2c(F)cccc2F)c1. The molecule has 132 valence electrons. The van der Waals surface area contributed by atoms with Gasteiger partial charge in [0.2, 0.25) is 0 Å². The second-order valence-corrected chi connectivity index (χ2v) is 5.56. The van der Waals surface area contributed by atoms with Crippen molar-refractivity contribution in [2.24, 2.45) is 0 Å². The van der Waals surface area contributed by atoms with Crippen LogP contribution in [-0.2, 0) is 0 Å². The number of nitrogens with zero attached hydrogens (tertiary/aromatic N) is 2. The van der Waals surface area contributed by atoms with Gasteiger partial charge in [-0.05, 0) is 37.3 Å². The zero-order chi connectivity index (χ0) is 18.5. The maximum Gasteiger partial charge on any atom is 0.257 e. The molecule has 4 nitrogen and oxygen atoms in total. The molecule has 0 atom stereocenters. The molecule has 1 aromatic heterocycles. The molecule has 1 N–H and O–H groups in total. The van der Waals surface area contributed by atoms with Gasteiger partial charge in [0.25, 0.3) is 5.91 Å². The highest BCUT2D eigenvalue weighted by atomic mass is 19.1. The van der Waals surface area contributed by atoms with Crippen molar-refractivity contribution < 1.29 is 13.6 Å². The van der Waals surface area contributed by atoms with Crippen molar-refractivity contribution in [1.29, 1.82) is 0 Å². The fourth-order valence-corrected chi connectivity index (χ4v) is 2.62. The summed E-state index contributed by atoms with van der Waals surface area (Å²) in [7, 11) is 0. The van der Waals surface area contributed by atoms with Crippen molar-refractivity contribution in [3.8, 4) is 0 Å². The standard InChI is InChI=1S/C20H17F2N3O/c1-2-25(15-7-4-3-5-8-15)16-11-14(12-23-13-16)20(26)24-19-17(21)9-6-10-18(19)22/h3-13H,2H2,1H3,(H,24,26). The van der Waals surface area contributed by atoms with Crippen molar-refractivity contribution in [3.63, 3.8) is 0 Å². The zero-order valence-electron chi connectivity index (χ0n) is 14.1. The van der Waals surface area contributed by atoms with E-state index in [4.69, 9.17) is 0 Å². The maximum absolute atomic E-state index is 13.7. The molecule has 1 amide bonds. The van der Waals surface area contributed by atoms with Gasteiger partial charge < -0.3 is 10.2 Å². The van der Waals surface area contributed by atoms with E-state index in [-0.39, 0.29) is 5.56 Å². The first kappa shape index (κ1) is 17.5. The van der Waals surface area contributed by atoms with Crippen LogP contribution in [0.15, 0.2) is 67.0 Å². The highest BCUT2D eigenvalue weighted by Gasteiger charge is 2.15. The van der Waals surface area contributed by atoms with E-state index in [1.807, 2.05) is 42.2 Å². The highest BCUT2D eigenvalue weighted by molar-refractivity contribution is 6.04. The Morgan fingerprint density at radius 3 is 2.35 bits per heavy atom. The number of rotatable bonds is 5. The predicted octanol–water partition coefficient (Wildman–Crippen LogP) is 4.77. The number of para-hydroxylation sites is 2. The van der Waals surface area contributed by atoms with Gasteiger partial charge in [-0.15, -0.1) is 0 Å². The number of carbonyl (C=O) groups excluding carboxylic acids is 1. The summed E-state index contributed by atoms with van der Waals surface area (Å²) >= 11 is 0. The molecule has 0 aliphatic heterocycles. The summed E-state index contributed by atoms with van der Waals surface area (Å²) in [5, 5.41) is 2.27. The lowest BCUT2D eigenvalue weighted by Crippen LogP contribution is -2.18. The lowest BCUT2D eigenvalue weighted by atomic mass is 10.2. The molecule has 0 spiro atoms. The van der Waals surface area contributed by atoms with Crippen LogP contribution in [0.4, 0.5) is 25.8 Å². The zero-order valence-corrected chi connectivity index (χ0v) is 14.1. The van der Waals surface area contributed by atoms with Gasteiger partial charge in [-0.3, -0.25) is 9.78 Å². The van der Waals surface area contributed by atoms with Gasteiger partial charge in [-0.25, -0.2) is 8.78 Å². The maximum atomic E-state index is 13.7. The molecule has 0 saturated carbocycles. The molecule has 2 aromatic carbocycles. The molecule has 1 heterocycles. The van der Waals surface area contributed by atoms with E-state index >= 15 is 0 Å². The number of amides is 1. The Balaban J connectivity index is 1.88. The molecule has 3 rings (SSSR count). The van der Waals surface area contributed by atoms with Gasteiger partial charge in [0.1, 0.15) is 17.3 Å². The first-order valence-electron chi connectivity index (χ1n) is 8.13. The number of pyridine rings is 1. The Labute approximate surface area is 150 Å². The van der Waals surface area contributed by atoms with Crippen LogP contribution in [0.1, 0.15) is 17.3 Å². The van der Waals surface area contributed by atoms with Gasteiger partial charge in [0.15, 0.2) is 0 Å². The summed E-state index contributed by atoms with van der Waals surface area (Å²) in [5.74, 6) is -2.30. The molecule has 26 heavy (non-hydrogen) atoms. The van der Waals surface area contributed by atoms with Gasteiger partial charge in [0.05, 0.1) is 17.4 Å². The largest absolute Gasteiger partial charge is 0.340 e. The highest BCUT2D eigenvalue weighted by Crippen LogP contribution is 2.25. The van der Waals surface area contributed by atoms with Crippen LogP contribution >= 0.6 is 0 Å². The Hall–Kier alpha value is -3.28. The number of hydrogen-bond donors (Lipinski definition) is 1. The third kappa shape index (κ3) is 3.69. The molecular weight excluding hydrogens is 336 g/mol. The number of halogens is 2. The third-order valence-corrected chi connectivity index (χ3v) is 3.88. The minimum Gasteiger partial charge on any atom is -0.340 e. The van der Waals surface area contributed by atoms with E-state index in [2.05, 4.69) is 10.3 Å². The molecule has 0 aliphatic carbocycles. The summed E-state index contributed by atoms with van der Waals surface area (Å²) in [6.07, 6.45) is 2.99. The molecule has 0 unspecified atom stereocenters. The number of hydrogen-bond acceptors (Lipinski definition) is 3. The van der Waals surface area contributed by atoms with Crippen molar-refractivity contribution in [2.45, 2.75) is 6.92 Å². The fourth-order valence-electron chi connectivity index (χ4n) is 2.62. The second-order valence-electron chi connectivity index (χ2n) is 5.56. The summed E-state index contributed by atoms with van der Waals surface area (Å²) in [4.78, 5) is 18.5. The molecule has 3 aromatic rings. The normalized spacial score (nSPS) is 10.4. The number of benzene rings is 2. The topological polar surface area (TPSA) is 45.2 Å². The number of aromatic nitrogens is 1. The van der Waals surface area contributed by atoms with E-state index in [1.54, 1.807) is 12.3 Å². The molecule has 0 fully saturated rings. The smallest absolute Gasteiger partial charge is 0.257 e. The Morgan fingerprint density at radius 1 is 1.00 bits per heavy atom. The van der Waals surface area contributed by atoms with Crippen LogP contribution in [0.5, 0.6) is 0 Å². The lowest BCUT2D eigenvalue weighted by molar-refractivity contribution is 0.102. The average Bonchev–Trinajstić information content (AvgIpc) is 2.66. The van der Waals surface area contributed by atoms with Crippen molar-refractivity contribution in [2.75, 3.05) is 16.8 Å². The van der Waals surface area contributed by atoms with E-state index in [9.17, 15) is 13.6 Å². The molecule has 0 saturated heterocycles. The molecule has 6 heteroatoms. The number of anilines is 3. The van der Waals surface area contributed by atoms with Gasteiger partial charge in [-0.1, -0.05) is 24.3 Å². The molecular formula is C20H17F2N3O. The monoisotopic (exact) mass is 353 g/mol. The van der Waals surface area contributed by atoms with Crippen LogP contribution in [0.25, 0.3) is 0 Å². The van der Waals surface area contributed by atoms with E-state index < -0.39 is 23.2 Å². The van der Waals surface area contributed by atoms with Crippen molar-refractivity contribution >= 4 is 23.0 Å². The third-order valence-electron chi connectivity index (χ3n) is 3.88. The minimum atomic E-state index is -0.832. The summed E-state index contributed by atoms with van der Waals surface area (Å²) in [6, 6.07) is 14.7. The molecule has 0 radical (unpaired) electrons. The van der Waals surface area contributed by atoms with Crippen molar-refractivity contribution in [1.82, 2.24) is 4.98 Å². The fraction of sp³-hybridized carbons (Fsp3) is 0.100. The number of nitrogens with one attached hydrogen (secondary N) is 1. The second kappa shape index (κ2) is 7.74. The van der Waals surface area contributed by atoms with Gasteiger partial charge >= 0.3 is 0 Å². The summed E-state index contributed by atoms with van der Waals surface area (Å²) in [5.41, 5.74) is 1.40. The van der Waals surface area contributed by atoms with Crippen LogP contribution in [0.2, 0.25) is 0 Å². The summed E-state index contributed by atoms with van der Waals surface area (Å²) < 4.78 is 27.5. The van der Waals surface area contributed by atoms with Crippen molar-refractivity contribution in [3.05, 3.63) is 84.2 Å². The predicted molar refractivity (Wildman–Crippen MR) is 97.7 cm³/mol. The Bertz CT molecular complexity index is 896. The number of carbonyl (C=O) groups is 1. The Kier molecular flexibility index (Phi) is 5.22. The average molecular weight is 353 g/mol. The quantitative estimate of drug-likeness (QED) is 0.719. The van der Waals surface area contributed by atoms with Gasteiger partial charge in [0, 0.05) is 18.4 Å². The lowest BCUT2D eigenvalue weighted by Gasteiger charge is -2.23. The van der Waals surface area contributed by atoms with Crippen LogP contribution in [-0.4, -0.2) is 17.4 Å². The van der Waals surface area contributed by atoms with E-state index in [0.29, 0.717) is 12.2 Å². The Morgan fingerprint density at radius 2 is 1.69 bits per heavy atom. The van der Waals surface area contributed by atoms with Crippen LogP contribution < -0.4 is 10.2 Å². The summed E-state index contributed by atoms with van der Waals surface area (Å²) in [6.45, 7) is 2.65. The van der Waals surface area contributed by atoms with Crippen LogP contribution in [0.3, 0.4) is 0 Å². The first-order valence-corrected chi connectivity index (χ1v) is 8.13. The van der Waals surface area contributed by atoms with Crippen LogP contribution in [0, 0.1) is 11.6 Å². The van der Waals surface area contributed by atoms with Gasteiger partial charge in [-0.2, -0.15) is 0 Å². The first-order chi connectivity index (χ1) is 12.6. The van der Waals surface area contributed by atoms with E-state index in [0.717, 1.165) is 17.8 Å². The molecule has 0 bridgehead atoms. The molecule has 0 aliphatic rings. The minimum absolute atomic E-state index is 0.208. The van der Waals surface area contributed by atoms with E-state index in [1.165, 1.54) is 12.3 Å².